The van der Waals surface area contributed by atoms with Gasteiger partial charge in [0.25, 0.3) is 0 Å². The Morgan fingerprint density at radius 2 is 1.59 bits per heavy atom. The van der Waals surface area contributed by atoms with Crippen molar-refractivity contribution >= 4 is 11.6 Å². The third-order valence-corrected chi connectivity index (χ3v) is 2.73. The van der Waals surface area contributed by atoms with Gasteiger partial charge < -0.3 is 4.74 Å². The van der Waals surface area contributed by atoms with E-state index < -0.39 is 0 Å². The molecule has 0 spiro atoms. The van der Waals surface area contributed by atoms with Crippen LogP contribution in [0, 0.1) is 0 Å². The van der Waals surface area contributed by atoms with Gasteiger partial charge in [0.2, 0.25) is 0 Å². The monoisotopic (exact) mass is 224 g/mol. The molecule has 0 aliphatic rings. The predicted molar refractivity (Wildman–Crippen MR) is 73.0 cm³/mol. The normalized spacial score (nSPS) is 11.3. The van der Waals surface area contributed by atoms with Crippen molar-refractivity contribution in [3.05, 3.63) is 65.7 Å². The maximum absolute atomic E-state index is 5.15. The van der Waals surface area contributed by atoms with E-state index in [4.69, 9.17) is 4.74 Å². The third kappa shape index (κ3) is 2.97. The smallest absolute Gasteiger partial charge is 0.118 e. The molecule has 0 fully saturated rings. The minimum absolute atomic E-state index is 0.890. The van der Waals surface area contributed by atoms with E-state index in [9.17, 15) is 0 Å². The second-order valence-corrected chi connectivity index (χ2v) is 3.97. The zero-order valence-corrected chi connectivity index (χ0v) is 10.2. The molecule has 0 amide bonds. The van der Waals surface area contributed by atoms with Crippen LogP contribution in [0.2, 0.25) is 0 Å². The first-order chi connectivity index (χ1) is 8.29. The van der Waals surface area contributed by atoms with E-state index in [1.807, 2.05) is 30.3 Å². The molecule has 2 aromatic rings. The Labute approximate surface area is 102 Å². The minimum atomic E-state index is 0.890. The summed E-state index contributed by atoms with van der Waals surface area (Å²) in [6.45, 7) is 2.12. The van der Waals surface area contributed by atoms with Gasteiger partial charge in [0.15, 0.2) is 0 Å². The van der Waals surface area contributed by atoms with Gasteiger partial charge in [-0.3, -0.25) is 0 Å². The van der Waals surface area contributed by atoms with Gasteiger partial charge in [0, 0.05) is 0 Å². The lowest BCUT2D eigenvalue weighted by Gasteiger charge is -2.04. The molecule has 0 saturated carbocycles. The van der Waals surface area contributed by atoms with E-state index >= 15 is 0 Å². The van der Waals surface area contributed by atoms with E-state index in [2.05, 4.69) is 37.3 Å². The number of allylic oxidation sites excluding steroid dienone is 1. The van der Waals surface area contributed by atoms with Crippen LogP contribution in [0.5, 0.6) is 5.75 Å². The highest BCUT2D eigenvalue weighted by Gasteiger charge is 1.96. The fraction of sp³-hybridized carbons (Fsp3) is 0.125. The summed E-state index contributed by atoms with van der Waals surface area (Å²) >= 11 is 0. The standard InChI is InChI=1S/C16H16O/c1-13(12-14-6-4-3-5-7-14)15-8-10-16(17-2)11-9-15/h3-12H,1-2H3/b13-12-. The molecule has 0 unspecified atom stereocenters. The van der Waals surface area contributed by atoms with Crippen LogP contribution in [0.3, 0.4) is 0 Å². The van der Waals surface area contributed by atoms with Gasteiger partial charge in [-0.15, -0.1) is 0 Å². The van der Waals surface area contributed by atoms with Crippen molar-refractivity contribution in [2.24, 2.45) is 0 Å². The molecule has 17 heavy (non-hydrogen) atoms. The first kappa shape index (κ1) is 11.5. The summed E-state index contributed by atoms with van der Waals surface area (Å²) in [5, 5.41) is 0. The van der Waals surface area contributed by atoms with Gasteiger partial charge in [0.1, 0.15) is 5.75 Å². The van der Waals surface area contributed by atoms with Crippen molar-refractivity contribution in [2.45, 2.75) is 6.92 Å². The molecule has 1 heteroatoms. The van der Waals surface area contributed by atoms with E-state index in [0.29, 0.717) is 0 Å². The third-order valence-electron chi connectivity index (χ3n) is 2.73. The van der Waals surface area contributed by atoms with Gasteiger partial charge in [-0.2, -0.15) is 0 Å². The number of benzene rings is 2. The molecular formula is C16H16O. The SMILES string of the molecule is COc1ccc(/C(C)=C\c2ccccc2)cc1. The molecule has 2 aromatic carbocycles. The number of hydrogen-bond donors (Lipinski definition) is 0. The Bertz CT molecular complexity index is 495. The van der Waals surface area contributed by atoms with E-state index in [0.717, 1.165) is 5.75 Å². The van der Waals surface area contributed by atoms with E-state index in [-0.39, 0.29) is 0 Å². The summed E-state index contributed by atoms with van der Waals surface area (Å²) in [6.07, 6.45) is 2.18. The Balaban J connectivity index is 2.24. The van der Waals surface area contributed by atoms with E-state index in [1.165, 1.54) is 16.7 Å². The van der Waals surface area contributed by atoms with Crippen LogP contribution in [-0.4, -0.2) is 7.11 Å². The molecule has 0 aromatic heterocycles. The molecule has 1 nitrogen and oxygen atoms in total. The molecule has 86 valence electrons. The van der Waals surface area contributed by atoms with Crippen molar-refractivity contribution in [3.8, 4) is 5.75 Å². The Kier molecular flexibility index (Phi) is 3.61. The van der Waals surface area contributed by atoms with Crippen LogP contribution in [0.4, 0.5) is 0 Å². The van der Waals surface area contributed by atoms with Gasteiger partial charge >= 0.3 is 0 Å². The summed E-state index contributed by atoms with van der Waals surface area (Å²) in [4.78, 5) is 0. The first-order valence-electron chi connectivity index (χ1n) is 5.67. The van der Waals surface area contributed by atoms with Crippen molar-refractivity contribution in [1.29, 1.82) is 0 Å². The Morgan fingerprint density at radius 1 is 0.941 bits per heavy atom. The van der Waals surface area contributed by atoms with E-state index in [1.54, 1.807) is 7.11 Å². The van der Waals surface area contributed by atoms with Crippen LogP contribution in [0.15, 0.2) is 54.6 Å². The van der Waals surface area contributed by atoms with Gasteiger partial charge in [-0.05, 0) is 35.8 Å². The average Bonchev–Trinajstić information content (AvgIpc) is 2.40. The van der Waals surface area contributed by atoms with Gasteiger partial charge in [-0.1, -0.05) is 48.5 Å². The molecule has 0 radical (unpaired) electrons. The van der Waals surface area contributed by atoms with Gasteiger partial charge in [-0.25, -0.2) is 0 Å². The van der Waals surface area contributed by atoms with Crippen LogP contribution < -0.4 is 4.74 Å². The zero-order valence-electron chi connectivity index (χ0n) is 10.2. The molecular weight excluding hydrogens is 208 g/mol. The lowest BCUT2D eigenvalue weighted by atomic mass is 10.0. The first-order valence-corrected chi connectivity index (χ1v) is 5.67. The highest BCUT2D eigenvalue weighted by molar-refractivity contribution is 5.80. The second kappa shape index (κ2) is 5.35. The van der Waals surface area contributed by atoms with Crippen LogP contribution in [0.25, 0.3) is 11.6 Å². The highest BCUT2D eigenvalue weighted by Crippen LogP contribution is 2.20. The van der Waals surface area contributed by atoms with Crippen molar-refractivity contribution in [2.75, 3.05) is 7.11 Å². The summed E-state index contributed by atoms with van der Waals surface area (Å²) in [5.74, 6) is 0.890. The minimum Gasteiger partial charge on any atom is -0.497 e. The molecule has 0 atom stereocenters. The molecule has 0 N–H and O–H groups in total. The largest absolute Gasteiger partial charge is 0.497 e. The number of methoxy groups -OCH3 is 1. The summed E-state index contributed by atoms with van der Waals surface area (Å²) in [6, 6.07) is 18.5. The maximum atomic E-state index is 5.15. The number of hydrogen-bond acceptors (Lipinski definition) is 1. The van der Waals surface area contributed by atoms with Crippen LogP contribution in [-0.2, 0) is 0 Å². The topological polar surface area (TPSA) is 9.23 Å². The summed E-state index contributed by atoms with van der Waals surface area (Å²) in [5.41, 5.74) is 3.69. The fourth-order valence-corrected chi connectivity index (χ4v) is 1.74. The van der Waals surface area contributed by atoms with Crippen molar-refractivity contribution in [1.82, 2.24) is 0 Å². The molecule has 2 rings (SSSR count). The zero-order chi connectivity index (χ0) is 12.1. The number of rotatable bonds is 3. The number of ether oxygens (including phenoxy) is 1. The maximum Gasteiger partial charge on any atom is 0.118 e. The molecule has 0 aliphatic carbocycles. The quantitative estimate of drug-likeness (QED) is 0.708. The lowest BCUT2D eigenvalue weighted by Crippen LogP contribution is -1.84. The van der Waals surface area contributed by atoms with Crippen LogP contribution in [0.1, 0.15) is 18.1 Å². The average molecular weight is 224 g/mol. The molecule has 0 saturated heterocycles. The predicted octanol–water partition coefficient (Wildman–Crippen LogP) is 4.26. The van der Waals surface area contributed by atoms with Crippen LogP contribution >= 0.6 is 0 Å². The summed E-state index contributed by atoms with van der Waals surface area (Å²) < 4.78 is 5.15. The Hall–Kier alpha value is -2.02. The second-order valence-electron chi connectivity index (χ2n) is 3.97. The molecule has 0 aliphatic heterocycles. The molecule has 0 heterocycles. The lowest BCUT2D eigenvalue weighted by molar-refractivity contribution is 0.415. The fourth-order valence-electron chi connectivity index (χ4n) is 1.74. The van der Waals surface area contributed by atoms with Crippen molar-refractivity contribution < 1.29 is 4.74 Å². The van der Waals surface area contributed by atoms with Crippen molar-refractivity contribution in [3.63, 3.8) is 0 Å². The Morgan fingerprint density at radius 3 is 2.18 bits per heavy atom. The summed E-state index contributed by atoms with van der Waals surface area (Å²) in [7, 11) is 1.68. The highest BCUT2D eigenvalue weighted by atomic mass is 16.5. The van der Waals surface area contributed by atoms with Gasteiger partial charge in [0.05, 0.1) is 7.11 Å². The molecule has 0 bridgehead atoms.